The summed E-state index contributed by atoms with van der Waals surface area (Å²) in [6, 6.07) is 4.96. The summed E-state index contributed by atoms with van der Waals surface area (Å²) in [5.74, 6) is 0.865. The predicted octanol–water partition coefficient (Wildman–Crippen LogP) is 3.26. The Bertz CT molecular complexity index is 416. The van der Waals surface area contributed by atoms with E-state index in [9.17, 15) is 4.79 Å². The molecule has 4 heteroatoms. The average Bonchev–Trinajstić information content (AvgIpc) is 2.34. The van der Waals surface area contributed by atoms with Crippen molar-refractivity contribution in [2.24, 2.45) is 5.92 Å². The van der Waals surface area contributed by atoms with E-state index in [4.69, 9.17) is 15.2 Å². The molecule has 0 saturated carbocycles. The van der Waals surface area contributed by atoms with Crippen LogP contribution in [0.4, 0.5) is 5.69 Å². The van der Waals surface area contributed by atoms with Crippen LogP contribution in [0.5, 0.6) is 5.75 Å². The van der Waals surface area contributed by atoms with Gasteiger partial charge in [-0.05, 0) is 37.8 Å². The van der Waals surface area contributed by atoms with Gasteiger partial charge in [0.25, 0.3) is 0 Å². The van der Waals surface area contributed by atoms with Gasteiger partial charge >= 0.3 is 5.97 Å². The van der Waals surface area contributed by atoms with Gasteiger partial charge in [-0.3, -0.25) is 0 Å². The molecule has 2 N–H and O–H groups in total. The summed E-state index contributed by atoms with van der Waals surface area (Å²) < 4.78 is 10.6. The molecular weight excluding hydrogens is 242 g/mol. The first kappa shape index (κ1) is 15.3. The average molecular weight is 265 g/mol. The fraction of sp³-hybridized carbons (Fsp3) is 0.533. The largest absolute Gasteiger partial charge is 0.494 e. The second kappa shape index (κ2) is 7.67. The van der Waals surface area contributed by atoms with E-state index in [-0.39, 0.29) is 5.97 Å². The molecule has 0 spiro atoms. The Morgan fingerprint density at radius 3 is 2.68 bits per heavy atom. The van der Waals surface area contributed by atoms with Gasteiger partial charge < -0.3 is 15.2 Å². The number of carbonyl (C=O) groups excluding carboxylic acids is 1. The molecule has 106 valence electrons. The van der Waals surface area contributed by atoms with E-state index in [1.807, 2.05) is 6.92 Å². The Labute approximate surface area is 114 Å². The Kier molecular flexibility index (Phi) is 6.19. The third-order valence-corrected chi connectivity index (χ3v) is 2.63. The maximum absolute atomic E-state index is 11.9. The number of carbonyl (C=O) groups is 1. The highest BCUT2D eigenvalue weighted by Gasteiger charge is 2.10. The van der Waals surface area contributed by atoms with Crippen LogP contribution in [0.1, 0.15) is 44.0 Å². The Balaban J connectivity index is 2.56. The van der Waals surface area contributed by atoms with Gasteiger partial charge in [-0.2, -0.15) is 0 Å². The van der Waals surface area contributed by atoms with E-state index in [2.05, 4.69) is 13.8 Å². The van der Waals surface area contributed by atoms with Crippen molar-refractivity contribution in [2.45, 2.75) is 33.6 Å². The molecule has 0 aliphatic rings. The zero-order chi connectivity index (χ0) is 14.3. The van der Waals surface area contributed by atoms with Crippen molar-refractivity contribution >= 4 is 11.7 Å². The maximum atomic E-state index is 11.9. The van der Waals surface area contributed by atoms with E-state index < -0.39 is 0 Å². The van der Waals surface area contributed by atoms with Crippen LogP contribution in [0.15, 0.2) is 18.2 Å². The second-order valence-electron chi connectivity index (χ2n) is 4.90. The smallest absolute Gasteiger partial charge is 0.338 e. The summed E-state index contributed by atoms with van der Waals surface area (Å²) >= 11 is 0. The van der Waals surface area contributed by atoms with Gasteiger partial charge in [0.15, 0.2) is 0 Å². The molecular formula is C15H23NO3. The van der Waals surface area contributed by atoms with Crippen molar-refractivity contribution in [1.29, 1.82) is 0 Å². The Morgan fingerprint density at radius 2 is 2.05 bits per heavy atom. The lowest BCUT2D eigenvalue weighted by molar-refractivity contribution is 0.0494. The van der Waals surface area contributed by atoms with E-state index in [1.54, 1.807) is 18.2 Å². The summed E-state index contributed by atoms with van der Waals surface area (Å²) in [6.45, 7) is 7.15. The third-order valence-electron chi connectivity index (χ3n) is 2.63. The molecule has 0 unspecified atom stereocenters. The van der Waals surface area contributed by atoms with Crippen LogP contribution in [-0.2, 0) is 4.74 Å². The number of anilines is 1. The molecule has 0 heterocycles. The molecule has 0 atom stereocenters. The number of esters is 1. The monoisotopic (exact) mass is 265 g/mol. The summed E-state index contributed by atoms with van der Waals surface area (Å²) in [6.07, 6.45) is 1.93. The second-order valence-corrected chi connectivity index (χ2v) is 4.90. The number of nitrogens with two attached hydrogens (primary N) is 1. The molecule has 0 radical (unpaired) electrons. The van der Waals surface area contributed by atoms with Crippen LogP contribution in [-0.4, -0.2) is 19.2 Å². The van der Waals surface area contributed by atoms with Crippen molar-refractivity contribution < 1.29 is 14.3 Å². The van der Waals surface area contributed by atoms with Gasteiger partial charge in [0.1, 0.15) is 5.75 Å². The van der Waals surface area contributed by atoms with Gasteiger partial charge in [-0.25, -0.2) is 4.79 Å². The standard InChI is InChI=1S/C15H23NO3/c1-4-18-14-9-12(8-13(16)10-14)15(17)19-7-5-6-11(2)3/h8-11H,4-7,16H2,1-3H3. The highest BCUT2D eigenvalue weighted by Crippen LogP contribution is 2.19. The molecule has 0 fully saturated rings. The Morgan fingerprint density at radius 1 is 1.32 bits per heavy atom. The SMILES string of the molecule is CCOc1cc(N)cc(C(=O)OCCCC(C)C)c1. The maximum Gasteiger partial charge on any atom is 0.338 e. The number of hydrogen-bond acceptors (Lipinski definition) is 4. The van der Waals surface area contributed by atoms with Crippen LogP contribution < -0.4 is 10.5 Å². The van der Waals surface area contributed by atoms with Crippen LogP contribution >= 0.6 is 0 Å². The molecule has 19 heavy (non-hydrogen) atoms. The first-order valence-corrected chi connectivity index (χ1v) is 6.73. The topological polar surface area (TPSA) is 61.5 Å². The summed E-state index contributed by atoms with van der Waals surface area (Å²) in [5.41, 5.74) is 6.67. The van der Waals surface area contributed by atoms with Gasteiger partial charge in [0, 0.05) is 11.8 Å². The van der Waals surface area contributed by atoms with E-state index in [0.717, 1.165) is 12.8 Å². The number of benzene rings is 1. The molecule has 0 amide bonds. The normalized spacial score (nSPS) is 10.5. The van der Waals surface area contributed by atoms with Crippen molar-refractivity contribution in [3.63, 3.8) is 0 Å². The zero-order valence-electron chi connectivity index (χ0n) is 11.9. The fourth-order valence-electron chi connectivity index (χ4n) is 1.73. The Hall–Kier alpha value is -1.71. The molecule has 0 aromatic heterocycles. The molecule has 1 rings (SSSR count). The summed E-state index contributed by atoms with van der Waals surface area (Å²) in [7, 11) is 0. The van der Waals surface area contributed by atoms with Gasteiger partial charge in [-0.1, -0.05) is 13.8 Å². The van der Waals surface area contributed by atoms with Gasteiger partial charge in [-0.15, -0.1) is 0 Å². The lowest BCUT2D eigenvalue weighted by Crippen LogP contribution is -2.08. The molecule has 4 nitrogen and oxygen atoms in total. The predicted molar refractivity (Wildman–Crippen MR) is 76.4 cm³/mol. The lowest BCUT2D eigenvalue weighted by Gasteiger charge is -2.09. The number of ether oxygens (including phenoxy) is 2. The molecule has 1 aromatic carbocycles. The van der Waals surface area contributed by atoms with Crippen molar-refractivity contribution in [3.05, 3.63) is 23.8 Å². The minimum atomic E-state index is -0.350. The quantitative estimate of drug-likeness (QED) is 0.467. The zero-order valence-corrected chi connectivity index (χ0v) is 11.9. The van der Waals surface area contributed by atoms with E-state index in [0.29, 0.717) is 36.1 Å². The molecule has 0 bridgehead atoms. The summed E-state index contributed by atoms with van der Waals surface area (Å²) in [4.78, 5) is 11.9. The minimum absolute atomic E-state index is 0.350. The van der Waals surface area contributed by atoms with Crippen molar-refractivity contribution in [2.75, 3.05) is 18.9 Å². The van der Waals surface area contributed by atoms with Crippen LogP contribution in [0.2, 0.25) is 0 Å². The van der Waals surface area contributed by atoms with Crippen molar-refractivity contribution in [1.82, 2.24) is 0 Å². The molecule has 0 aliphatic heterocycles. The van der Waals surface area contributed by atoms with Crippen molar-refractivity contribution in [3.8, 4) is 5.75 Å². The molecule has 0 aliphatic carbocycles. The summed E-state index contributed by atoms with van der Waals surface area (Å²) in [5, 5.41) is 0. The third kappa shape index (κ3) is 5.64. The van der Waals surface area contributed by atoms with Crippen LogP contribution in [0.25, 0.3) is 0 Å². The first-order chi connectivity index (χ1) is 9.02. The lowest BCUT2D eigenvalue weighted by atomic mass is 10.1. The highest BCUT2D eigenvalue weighted by atomic mass is 16.5. The fourth-order valence-corrected chi connectivity index (χ4v) is 1.73. The van der Waals surface area contributed by atoms with E-state index >= 15 is 0 Å². The first-order valence-electron chi connectivity index (χ1n) is 6.73. The number of rotatable bonds is 7. The minimum Gasteiger partial charge on any atom is -0.494 e. The van der Waals surface area contributed by atoms with Crippen LogP contribution in [0.3, 0.4) is 0 Å². The van der Waals surface area contributed by atoms with Crippen LogP contribution in [0, 0.1) is 5.92 Å². The van der Waals surface area contributed by atoms with Gasteiger partial charge in [0.2, 0.25) is 0 Å². The van der Waals surface area contributed by atoms with E-state index in [1.165, 1.54) is 0 Å². The van der Waals surface area contributed by atoms with Gasteiger partial charge in [0.05, 0.1) is 18.8 Å². The molecule has 0 saturated heterocycles. The number of nitrogen functional groups attached to an aromatic ring is 1. The highest BCUT2D eigenvalue weighted by molar-refractivity contribution is 5.91. The number of hydrogen-bond donors (Lipinski definition) is 1. The molecule has 1 aromatic rings.